The first-order valence-electron chi connectivity index (χ1n) is 7.16. The molecule has 1 unspecified atom stereocenters. The van der Waals surface area contributed by atoms with Gasteiger partial charge < -0.3 is 14.6 Å². The number of esters is 1. The van der Waals surface area contributed by atoms with Gasteiger partial charge in [0.05, 0.1) is 18.1 Å². The third-order valence-corrected chi connectivity index (χ3v) is 3.18. The average molecular weight is 320 g/mol. The van der Waals surface area contributed by atoms with Crippen LogP contribution in [0.2, 0.25) is 0 Å². The van der Waals surface area contributed by atoms with Gasteiger partial charge in [-0.1, -0.05) is 0 Å². The van der Waals surface area contributed by atoms with Crippen LogP contribution in [0, 0.1) is 0 Å². The molecule has 2 aromatic rings. The summed E-state index contributed by atoms with van der Waals surface area (Å²) in [5.41, 5.74) is 0.125. The predicted molar refractivity (Wildman–Crippen MR) is 83.5 cm³/mol. The van der Waals surface area contributed by atoms with E-state index < -0.39 is 23.6 Å². The highest BCUT2D eigenvalue weighted by molar-refractivity contribution is 5.90. The fourth-order valence-electron chi connectivity index (χ4n) is 2.15. The SMILES string of the molecule is COC(=O)C(C)c1nc2ccc(O)cc2n1C(=O)OC(C)(C)C. The first kappa shape index (κ1) is 16.8. The molecule has 1 atom stereocenters. The van der Waals surface area contributed by atoms with E-state index >= 15 is 0 Å². The van der Waals surface area contributed by atoms with E-state index in [0.717, 1.165) is 0 Å². The highest BCUT2D eigenvalue weighted by atomic mass is 16.6. The van der Waals surface area contributed by atoms with Crippen LogP contribution in [-0.4, -0.2) is 39.4 Å². The van der Waals surface area contributed by atoms with E-state index in [4.69, 9.17) is 9.47 Å². The molecule has 0 aliphatic carbocycles. The van der Waals surface area contributed by atoms with Gasteiger partial charge in [-0.25, -0.2) is 14.3 Å². The molecule has 0 aliphatic rings. The molecule has 2 rings (SSSR count). The molecule has 0 saturated carbocycles. The number of phenolic OH excluding ortho intramolecular Hbond substituents is 1. The number of carbonyl (C=O) groups is 2. The van der Waals surface area contributed by atoms with Crippen molar-refractivity contribution in [3.05, 3.63) is 24.0 Å². The molecular formula is C16H20N2O5. The number of carbonyl (C=O) groups excluding carboxylic acids is 2. The number of benzene rings is 1. The number of methoxy groups -OCH3 is 1. The third kappa shape index (κ3) is 3.44. The second-order valence-corrected chi connectivity index (χ2v) is 6.20. The molecule has 0 amide bonds. The lowest BCUT2D eigenvalue weighted by molar-refractivity contribution is -0.142. The maximum absolute atomic E-state index is 12.5. The van der Waals surface area contributed by atoms with E-state index in [1.54, 1.807) is 33.8 Å². The molecule has 0 bridgehead atoms. The Morgan fingerprint density at radius 2 is 1.96 bits per heavy atom. The van der Waals surface area contributed by atoms with Crippen molar-refractivity contribution in [2.45, 2.75) is 39.2 Å². The zero-order valence-electron chi connectivity index (χ0n) is 13.8. The number of nitrogens with zero attached hydrogens (tertiary/aromatic N) is 2. The molecule has 0 spiro atoms. The van der Waals surface area contributed by atoms with Crippen molar-refractivity contribution in [1.82, 2.24) is 9.55 Å². The normalized spacial score (nSPS) is 12.9. The van der Waals surface area contributed by atoms with E-state index in [2.05, 4.69) is 4.98 Å². The first-order chi connectivity index (χ1) is 10.6. The van der Waals surface area contributed by atoms with E-state index in [9.17, 15) is 14.7 Å². The molecular weight excluding hydrogens is 300 g/mol. The molecule has 0 saturated heterocycles. The lowest BCUT2D eigenvalue weighted by atomic mass is 10.1. The molecule has 23 heavy (non-hydrogen) atoms. The van der Waals surface area contributed by atoms with Gasteiger partial charge in [0.15, 0.2) is 0 Å². The minimum atomic E-state index is -0.762. The topological polar surface area (TPSA) is 90.6 Å². The second kappa shape index (κ2) is 5.91. The van der Waals surface area contributed by atoms with Crippen LogP contribution in [0.3, 0.4) is 0 Å². The summed E-state index contributed by atoms with van der Waals surface area (Å²) in [7, 11) is 1.27. The van der Waals surface area contributed by atoms with Gasteiger partial charge in [-0.05, 0) is 39.8 Å². The van der Waals surface area contributed by atoms with Gasteiger partial charge in [0.1, 0.15) is 23.1 Å². The zero-order valence-corrected chi connectivity index (χ0v) is 13.8. The van der Waals surface area contributed by atoms with Gasteiger partial charge in [0.2, 0.25) is 0 Å². The summed E-state index contributed by atoms with van der Waals surface area (Å²) in [4.78, 5) is 28.7. The molecule has 1 N–H and O–H groups in total. The predicted octanol–water partition coefficient (Wildman–Crippen LogP) is 2.80. The maximum Gasteiger partial charge on any atom is 0.420 e. The summed E-state index contributed by atoms with van der Waals surface area (Å²) in [5, 5.41) is 9.69. The third-order valence-electron chi connectivity index (χ3n) is 3.18. The smallest absolute Gasteiger partial charge is 0.420 e. The Hall–Kier alpha value is -2.57. The Bertz CT molecular complexity index is 758. The van der Waals surface area contributed by atoms with E-state index in [1.807, 2.05) is 0 Å². The maximum atomic E-state index is 12.5. The number of aromatic nitrogens is 2. The standard InChI is InChI=1S/C16H20N2O5/c1-9(14(20)22-5)13-17-11-7-6-10(19)8-12(11)18(13)15(21)23-16(2,3)4/h6-9,19H,1-5H3. The molecule has 1 heterocycles. The Morgan fingerprint density at radius 1 is 1.30 bits per heavy atom. The summed E-state index contributed by atoms with van der Waals surface area (Å²) >= 11 is 0. The number of phenols is 1. The molecule has 7 heteroatoms. The number of imidazole rings is 1. The summed E-state index contributed by atoms with van der Waals surface area (Å²) < 4.78 is 11.3. The van der Waals surface area contributed by atoms with Crippen LogP contribution in [0.25, 0.3) is 11.0 Å². The van der Waals surface area contributed by atoms with Gasteiger partial charge >= 0.3 is 12.1 Å². The Morgan fingerprint density at radius 3 is 2.52 bits per heavy atom. The van der Waals surface area contributed by atoms with Crippen LogP contribution in [0.1, 0.15) is 39.4 Å². The molecule has 7 nitrogen and oxygen atoms in total. The van der Waals surface area contributed by atoms with Crippen molar-refractivity contribution >= 4 is 23.1 Å². The number of aromatic hydroxyl groups is 1. The second-order valence-electron chi connectivity index (χ2n) is 6.20. The molecule has 1 aromatic heterocycles. The summed E-state index contributed by atoms with van der Waals surface area (Å²) in [6, 6.07) is 4.43. The highest BCUT2D eigenvalue weighted by Gasteiger charge is 2.29. The van der Waals surface area contributed by atoms with Crippen molar-refractivity contribution in [2.75, 3.05) is 7.11 Å². The quantitative estimate of drug-likeness (QED) is 0.856. The number of hydrogen-bond donors (Lipinski definition) is 1. The van der Waals surface area contributed by atoms with Crippen LogP contribution in [-0.2, 0) is 14.3 Å². The molecule has 124 valence electrons. The van der Waals surface area contributed by atoms with Crippen molar-refractivity contribution in [3.63, 3.8) is 0 Å². The number of hydrogen-bond acceptors (Lipinski definition) is 6. The van der Waals surface area contributed by atoms with Gasteiger partial charge in [0, 0.05) is 6.07 Å². The van der Waals surface area contributed by atoms with Crippen molar-refractivity contribution in [3.8, 4) is 5.75 Å². The highest BCUT2D eigenvalue weighted by Crippen LogP contribution is 2.27. The zero-order chi connectivity index (χ0) is 17.4. The summed E-state index contributed by atoms with van der Waals surface area (Å²) in [6.07, 6.45) is -0.670. The largest absolute Gasteiger partial charge is 0.508 e. The lowest BCUT2D eigenvalue weighted by Crippen LogP contribution is -2.29. The van der Waals surface area contributed by atoms with Crippen LogP contribution < -0.4 is 0 Å². The Labute approximate surface area is 133 Å². The van der Waals surface area contributed by atoms with Crippen molar-refractivity contribution in [2.24, 2.45) is 0 Å². The monoisotopic (exact) mass is 320 g/mol. The van der Waals surface area contributed by atoms with E-state index in [1.165, 1.54) is 23.8 Å². The van der Waals surface area contributed by atoms with Crippen LogP contribution in [0.4, 0.5) is 4.79 Å². The minimum Gasteiger partial charge on any atom is -0.508 e. The number of fused-ring (bicyclic) bond motifs is 1. The first-order valence-corrected chi connectivity index (χ1v) is 7.16. The minimum absolute atomic E-state index is 0.0144. The summed E-state index contributed by atoms with van der Waals surface area (Å²) in [6.45, 7) is 6.81. The summed E-state index contributed by atoms with van der Waals surface area (Å²) in [5.74, 6) is -1.09. The van der Waals surface area contributed by atoms with Gasteiger partial charge in [-0.2, -0.15) is 0 Å². The van der Waals surface area contributed by atoms with Gasteiger partial charge in [-0.15, -0.1) is 0 Å². The fraction of sp³-hybridized carbons (Fsp3) is 0.438. The number of rotatable bonds is 2. The van der Waals surface area contributed by atoms with E-state index in [0.29, 0.717) is 11.0 Å². The van der Waals surface area contributed by atoms with Crippen LogP contribution >= 0.6 is 0 Å². The Balaban J connectivity index is 2.64. The lowest BCUT2D eigenvalue weighted by Gasteiger charge is -2.21. The van der Waals surface area contributed by atoms with Crippen LogP contribution in [0.5, 0.6) is 5.75 Å². The average Bonchev–Trinajstić information content (AvgIpc) is 2.82. The van der Waals surface area contributed by atoms with Crippen LogP contribution in [0.15, 0.2) is 18.2 Å². The molecule has 0 aliphatic heterocycles. The van der Waals surface area contributed by atoms with Crippen molar-refractivity contribution < 1.29 is 24.2 Å². The van der Waals surface area contributed by atoms with Crippen molar-refractivity contribution in [1.29, 1.82) is 0 Å². The number of ether oxygens (including phenoxy) is 2. The molecule has 0 fully saturated rings. The van der Waals surface area contributed by atoms with Gasteiger partial charge in [-0.3, -0.25) is 4.79 Å². The Kier molecular flexibility index (Phi) is 4.31. The fourth-order valence-corrected chi connectivity index (χ4v) is 2.15. The van der Waals surface area contributed by atoms with Gasteiger partial charge in [0.25, 0.3) is 0 Å². The van der Waals surface area contributed by atoms with E-state index in [-0.39, 0.29) is 11.6 Å². The molecule has 0 radical (unpaired) electrons. The molecule has 1 aromatic carbocycles.